The van der Waals surface area contributed by atoms with Gasteiger partial charge in [0.1, 0.15) is 0 Å². The van der Waals surface area contributed by atoms with E-state index in [2.05, 4.69) is 31.6 Å². The highest BCUT2D eigenvalue weighted by Crippen LogP contribution is 2.30. The van der Waals surface area contributed by atoms with Gasteiger partial charge in [0, 0.05) is 18.3 Å². The average Bonchev–Trinajstić information content (AvgIpc) is 3.06. The van der Waals surface area contributed by atoms with Gasteiger partial charge >= 0.3 is 0 Å². The Morgan fingerprint density at radius 3 is 2.95 bits per heavy atom. The number of nitrogens with zero attached hydrogens (tertiary/aromatic N) is 4. The number of nitrogens with two attached hydrogens (primary N) is 1. The molecule has 3 heterocycles. The Morgan fingerprint density at radius 1 is 1.35 bits per heavy atom. The van der Waals surface area contributed by atoms with Crippen LogP contribution >= 0.6 is 15.9 Å². The molecule has 0 fully saturated rings. The molecular weight excluding hydrogens is 320 g/mol. The van der Waals surface area contributed by atoms with Gasteiger partial charge in [0.2, 0.25) is 0 Å². The van der Waals surface area contributed by atoms with Crippen LogP contribution in [-0.2, 0) is 6.54 Å². The molecule has 1 unspecified atom stereocenters. The molecule has 1 atom stereocenters. The van der Waals surface area contributed by atoms with E-state index in [4.69, 9.17) is 5.84 Å². The summed E-state index contributed by atoms with van der Waals surface area (Å²) in [5, 5.41) is 8.70. The number of aryl methyl sites for hydroxylation is 1. The Labute approximate surface area is 124 Å². The van der Waals surface area contributed by atoms with Gasteiger partial charge in [0.05, 0.1) is 34.1 Å². The largest absolute Gasteiger partial charge is 0.271 e. The first-order valence-corrected chi connectivity index (χ1v) is 7.15. The molecule has 7 heteroatoms. The summed E-state index contributed by atoms with van der Waals surface area (Å²) < 4.78 is 4.68. The maximum absolute atomic E-state index is 5.79. The van der Waals surface area contributed by atoms with Gasteiger partial charge in [-0.15, -0.1) is 0 Å². The first-order valence-electron chi connectivity index (χ1n) is 6.35. The fourth-order valence-corrected chi connectivity index (χ4v) is 2.93. The monoisotopic (exact) mass is 334 g/mol. The normalized spacial score (nSPS) is 12.9. The van der Waals surface area contributed by atoms with E-state index in [0.717, 1.165) is 27.8 Å². The van der Waals surface area contributed by atoms with E-state index in [1.807, 2.05) is 46.7 Å². The van der Waals surface area contributed by atoms with E-state index in [1.165, 1.54) is 0 Å². The number of rotatable bonds is 4. The first-order chi connectivity index (χ1) is 9.76. The SMILES string of the molecule is CCn1ncc(Br)c1C(NN)c1cnn2ccccc12. The van der Waals surface area contributed by atoms with Gasteiger partial charge in [-0.2, -0.15) is 10.2 Å². The minimum Gasteiger partial charge on any atom is -0.271 e. The fraction of sp³-hybridized carbons (Fsp3) is 0.231. The van der Waals surface area contributed by atoms with Crippen molar-refractivity contribution in [1.29, 1.82) is 0 Å². The molecule has 0 saturated carbocycles. The number of halogens is 1. The quantitative estimate of drug-likeness (QED) is 0.564. The zero-order valence-electron chi connectivity index (χ0n) is 11.0. The molecule has 3 aromatic rings. The predicted octanol–water partition coefficient (Wildman–Crippen LogP) is 1.87. The van der Waals surface area contributed by atoms with Gasteiger partial charge < -0.3 is 0 Å². The molecule has 20 heavy (non-hydrogen) atoms. The molecule has 104 valence electrons. The Kier molecular flexibility index (Phi) is 3.56. The molecule has 0 aliphatic carbocycles. The third-order valence-corrected chi connectivity index (χ3v) is 3.95. The second kappa shape index (κ2) is 5.35. The molecule has 0 radical (unpaired) electrons. The van der Waals surface area contributed by atoms with Crippen molar-refractivity contribution < 1.29 is 0 Å². The second-order valence-electron chi connectivity index (χ2n) is 4.42. The topological polar surface area (TPSA) is 73.2 Å². The van der Waals surface area contributed by atoms with Crippen molar-refractivity contribution in [2.75, 3.05) is 0 Å². The summed E-state index contributed by atoms with van der Waals surface area (Å²) in [6.45, 7) is 2.82. The molecule has 0 aliphatic heterocycles. The zero-order valence-corrected chi connectivity index (χ0v) is 12.6. The molecule has 0 amide bonds. The number of hydrogen-bond acceptors (Lipinski definition) is 4. The fourth-order valence-electron chi connectivity index (χ4n) is 2.40. The lowest BCUT2D eigenvalue weighted by Gasteiger charge is -2.17. The summed E-state index contributed by atoms with van der Waals surface area (Å²) in [5.41, 5.74) is 5.90. The minimum absolute atomic E-state index is 0.174. The van der Waals surface area contributed by atoms with Crippen molar-refractivity contribution in [3.8, 4) is 0 Å². The summed E-state index contributed by atoms with van der Waals surface area (Å²) in [5.74, 6) is 5.79. The van der Waals surface area contributed by atoms with Crippen LogP contribution in [0.5, 0.6) is 0 Å². The number of hydrazine groups is 1. The van der Waals surface area contributed by atoms with Crippen molar-refractivity contribution in [3.05, 3.63) is 52.5 Å². The molecule has 0 aliphatic rings. The Hall–Kier alpha value is -1.70. The number of aromatic nitrogens is 4. The van der Waals surface area contributed by atoms with E-state index in [9.17, 15) is 0 Å². The van der Waals surface area contributed by atoms with Gasteiger partial charge in [-0.25, -0.2) is 9.94 Å². The average molecular weight is 335 g/mol. The highest BCUT2D eigenvalue weighted by atomic mass is 79.9. The summed E-state index contributed by atoms with van der Waals surface area (Å²) in [6.07, 6.45) is 5.53. The lowest BCUT2D eigenvalue weighted by Crippen LogP contribution is -2.31. The third kappa shape index (κ3) is 2.04. The first kappa shape index (κ1) is 13.3. The predicted molar refractivity (Wildman–Crippen MR) is 80.0 cm³/mol. The van der Waals surface area contributed by atoms with E-state index < -0.39 is 0 Å². The van der Waals surface area contributed by atoms with Gasteiger partial charge in [-0.1, -0.05) is 6.07 Å². The number of nitrogens with one attached hydrogen (secondary N) is 1. The maximum atomic E-state index is 5.79. The molecule has 0 spiro atoms. The van der Waals surface area contributed by atoms with E-state index in [0.29, 0.717) is 0 Å². The van der Waals surface area contributed by atoms with Crippen LogP contribution < -0.4 is 11.3 Å². The van der Waals surface area contributed by atoms with Crippen LogP contribution in [0.4, 0.5) is 0 Å². The molecule has 0 saturated heterocycles. The Balaban J connectivity index is 2.16. The van der Waals surface area contributed by atoms with Crippen LogP contribution in [0.25, 0.3) is 5.52 Å². The Bertz CT molecular complexity index is 731. The molecule has 6 nitrogen and oxygen atoms in total. The van der Waals surface area contributed by atoms with Gasteiger partial charge in [0.15, 0.2) is 0 Å². The summed E-state index contributed by atoms with van der Waals surface area (Å²) in [6, 6.07) is 5.78. The minimum atomic E-state index is -0.174. The molecule has 3 aromatic heterocycles. The van der Waals surface area contributed by atoms with Gasteiger partial charge in [0.25, 0.3) is 0 Å². The molecular formula is C13H15BrN6. The Morgan fingerprint density at radius 2 is 2.20 bits per heavy atom. The smallest absolute Gasteiger partial charge is 0.0926 e. The lowest BCUT2D eigenvalue weighted by atomic mass is 10.1. The van der Waals surface area contributed by atoms with Crippen LogP contribution in [0.1, 0.15) is 24.2 Å². The van der Waals surface area contributed by atoms with Crippen molar-refractivity contribution in [2.45, 2.75) is 19.5 Å². The van der Waals surface area contributed by atoms with Crippen molar-refractivity contribution in [3.63, 3.8) is 0 Å². The van der Waals surface area contributed by atoms with Gasteiger partial charge in [-0.05, 0) is 35.0 Å². The van der Waals surface area contributed by atoms with Crippen molar-refractivity contribution >= 4 is 21.4 Å². The van der Waals surface area contributed by atoms with Crippen molar-refractivity contribution in [2.24, 2.45) is 5.84 Å². The highest BCUT2D eigenvalue weighted by molar-refractivity contribution is 9.10. The number of pyridine rings is 1. The van der Waals surface area contributed by atoms with E-state index in [-0.39, 0.29) is 6.04 Å². The third-order valence-electron chi connectivity index (χ3n) is 3.34. The summed E-state index contributed by atoms with van der Waals surface area (Å²) >= 11 is 3.54. The van der Waals surface area contributed by atoms with E-state index >= 15 is 0 Å². The lowest BCUT2D eigenvalue weighted by molar-refractivity contribution is 0.544. The summed E-state index contributed by atoms with van der Waals surface area (Å²) in [7, 11) is 0. The molecule has 0 aromatic carbocycles. The summed E-state index contributed by atoms with van der Waals surface area (Å²) in [4.78, 5) is 0. The van der Waals surface area contributed by atoms with Gasteiger partial charge in [-0.3, -0.25) is 10.5 Å². The highest BCUT2D eigenvalue weighted by Gasteiger charge is 2.23. The number of hydrogen-bond donors (Lipinski definition) is 2. The standard InChI is InChI=1S/C13H15BrN6/c1-2-19-13(10(14)8-17-19)12(18-15)9-7-16-20-6-4-3-5-11(9)20/h3-8,12,18H,2,15H2,1H3. The van der Waals surface area contributed by atoms with Crippen LogP contribution in [0.15, 0.2) is 41.3 Å². The number of fused-ring (bicyclic) bond motifs is 1. The van der Waals surface area contributed by atoms with Crippen LogP contribution in [-0.4, -0.2) is 19.4 Å². The van der Waals surface area contributed by atoms with Crippen LogP contribution in [0.2, 0.25) is 0 Å². The second-order valence-corrected chi connectivity index (χ2v) is 5.28. The maximum Gasteiger partial charge on any atom is 0.0926 e. The van der Waals surface area contributed by atoms with E-state index in [1.54, 1.807) is 6.20 Å². The van der Waals surface area contributed by atoms with Crippen LogP contribution in [0, 0.1) is 0 Å². The molecule has 3 rings (SSSR count). The molecule has 3 N–H and O–H groups in total. The van der Waals surface area contributed by atoms with Crippen molar-refractivity contribution in [1.82, 2.24) is 24.8 Å². The van der Waals surface area contributed by atoms with Crippen LogP contribution in [0.3, 0.4) is 0 Å². The zero-order chi connectivity index (χ0) is 14.1. The molecule has 0 bridgehead atoms.